The first kappa shape index (κ1) is 21.2. The van der Waals surface area contributed by atoms with Crippen LogP contribution in [0.4, 0.5) is 17.1 Å². The van der Waals surface area contributed by atoms with E-state index in [0.717, 1.165) is 21.5 Å². The number of anilines is 3. The van der Waals surface area contributed by atoms with Crippen molar-refractivity contribution in [3.05, 3.63) is 152 Å². The SMILES string of the molecule is [2H]c1c(N(c2ccc(-c3nnco3)cc2)c2ccc(-c3nnco3)cc2)c([2H])c2c([2H])c([2H])c(-c3ccc4cc5ccccc5cc4c3)c([2H])c2c1[2H]. The molecule has 0 aliphatic carbocycles. The largest absolute Gasteiger partial charge is 0.423 e. The van der Waals surface area contributed by atoms with Gasteiger partial charge >= 0.3 is 0 Å². The van der Waals surface area contributed by atoms with Gasteiger partial charge in [-0.2, -0.15) is 0 Å². The van der Waals surface area contributed by atoms with Crippen molar-refractivity contribution in [3.8, 4) is 34.0 Å². The number of hydrogen-bond donors (Lipinski definition) is 0. The molecule has 9 aromatic rings. The Morgan fingerprint density at radius 3 is 1.62 bits per heavy atom. The van der Waals surface area contributed by atoms with E-state index in [0.29, 0.717) is 39.8 Å². The maximum absolute atomic E-state index is 9.51. The lowest BCUT2D eigenvalue weighted by Gasteiger charge is -2.26. The van der Waals surface area contributed by atoms with Crippen LogP contribution in [0.2, 0.25) is 0 Å². The summed E-state index contributed by atoms with van der Waals surface area (Å²) in [6.07, 6.45) is 2.47. The molecule has 0 bridgehead atoms. The Morgan fingerprint density at radius 2 is 1.00 bits per heavy atom. The molecule has 47 heavy (non-hydrogen) atoms. The average Bonchev–Trinajstić information content (AvgIpc) is 3.93. The third-order valence-corrected chi connectivity index (χ3v) is 8.04. The van der Waals surface area contributed by atoms with E-state index in [-0.39, 0.29) is 58.3 Å². The predicted molar refractivity (Wildman–Crippen MR) is 186 cm³/mol. The van der Waals surface area contributed by atoms with Crippen molar-refractivity contribution < 1.29 is 17.1 Å². The van der Waals surface area contributed by atoms with Crippen molar-refractivity contribution in [3.63, 3.8) is 0 Å². The minimum absolute atomic E-state index is 0.0104. The molecule has 7 heteroatoms. The van der Waals surface area contributed by atoms with Crippen molar-refractivity contribution in [1.82, 2.24) is 20.4 Å². The minimum Gasteiger partial charge on any atom is -0.423 e. The van der Waals surface area contributed by atoms with E-state index < -0.39 is 0 Å². The van der Waals surface area contributed by atoms with Crippen LogP contribution in [-0.4, -0.2) is 20.4 Å². The Balaban J connectivity index is 1.24. The molecule has 7 aromatic carbocycles. The predicted octanol–water partition coefficient (Wildman–Crippen LogP) is 10.4. The summed E-state index contributed by atoms with van der Waals surface area (Å²) in [4.78, 5) is 1.64. The third kappa shape index (κ3) is 4.96. The van der Waals surface area contributed by atoms with Crippen molar-refractivity contribution in [2.75, 3.05) is 4.90 Å². The van der Waals surface area contributed by atoms with E-state index in [2.05, 4.69) is 26.5 Å². The second kappa shape index (κ2) is 11.1. The zero-order valence-corrected chi connectivity index (χ0v) is 24.5. The number of hydrogen-bond acceptors (Lipinski definition) is 7. The van der Waals surface area contributed by atoms with Crippen LogP contribution in [0.5, 0.6) is 0 Å². The monoisotopic (exact) mass is 613 g/mol. The molecular weight excluding hydrogens is 582 g/mol. The van der Waals surface area contributed by atoms with E-state index >= 15 is 0 Å². The summed E-state index contributed by atoms with van der Waals surface area (Å²) < 4.78 is 66.5. The molecule has 0 fully saturated rings. The third-order valence-electron chi connectivity index (χ3n) is 8.04. The second-order valence-corrected chi connectivity index (χ2v) is 10.9. The quantitative estimate of drug-likeness (QED) is 0.173. The molecule has 222 valence electrons. The fourth-order valence-corrected chi connectivity index (χ4v) is 5.73. The highest BCUT2D eigenvalue weighted by atomic mass is 16.4. The normalized spacial score (nSPS) is 13.2. The summed E-state index contributed by atoms with van der Waals surface area (Å²) in [6.45, 7) is 0. The van der Waals surface area contributed by atoms with Gasteiger partial charge in [-0.25, -0.2) is 0 Å². The van der Waals surface area contributed by atoms with Gasteiger partial charge < -0.3 is 13.7 Å². The highest BCUT2D eigenvalue weighted by Gasteiger charge is 2.16. The molecule has 0 atom stereocenters. The molecular formula is C40H25N5O2. The van der Waals surface area contributed by atoms with Crippen LogP contribution in [0.3, 0.4) is 0 Å². The van der Waals surface area contributed by atoms with Crippen molar-refractivity contribution >= 4 is 49.4 Å². The molecule has 2 aromatic heterocycles. The molecule has 0 amide bonds. The summed E-state index contributed by atoms with van der Waals surface area (Å²) in [7, 11) is 0. The average molecular weight is 614 g/mol. The highest BCUT2D eigenvalue weighted by Crippen LogP contribution is 2.38. The van der Waals surface area contributed by atoms with Gasteiger partial charge in [-0.1, -0.05) is 54.5 Å². The van der Waals surface area contributed by atoms with Crippen LogP contribution in [0.15, 0.2) is 161 Å². The molecule has 0 spiro atoms. The lowest BCUT2D eigenvalue weighted by atomic mass is 9.97. The van der Waals surface area contributed by atoms with Crippen molar-refractivity contribution in [2.45, 2.75) is 0 Å². The molecule has 0 saturated carbocycles. The fourth-order valence-electron chi connectivity index (χ4n) is 5.73. The first-order chi connectivity index (χ1) is 25.8. The number of fused-ring (bicyclic) bond motifs is 3. The smallest absolute Gasteiger partial charge is 0.247 e. The van der Waals surface area contributed by atoms with Gasteiger partial charge in [0.15, 0.2) is 0 Å². The van der Waals surface area contributed by atoms with Gasteiger partial charge in [0.25, 0.3) is 0 Å². The Morgan fingerprint density at radius 1 is 0.447 bits per heavy atom. The standard InChI is InChI=1S/C40H25N5O2/c1-2-4-29-21-35-22-31(5-7-33(35)19-28(29)3-1)30-6-8-34-23-38(18-13-32(34)20-30)45(36-14-9-26(10-15-36)39-43-41-24-46-39)37-16-11-27(12-17-37)40-44-42-25-47-40/h1-25H/i6D,8D,13D,18D,20D,23D. The van der Waals surface area contributed by atoms with Gasteiger partial charge in [-0.3, -0.25) is 0 Å². The molecule has 0 aliphatic rings. The maximum Gasteiger partial charge on any atom is 0.247 e. The van der Waals surface area contributed by atoms with Crippen LogP contribution in [0, 0.1) is 0 Å². The molecule has 0 saturated heterocycles. The summed E-state index contributed by atoms with van der Waals surface area (Å²) in [6, 6.07) is 30.2. The molecule has 0 N–H and O–H groups in total. The first-order valence-electron chi connectivity index (χ1n) is 17.8. The van der Waals surface area contributed by atoms with Crippen LogP contribution in [-0.2, 0) is 0 Å². The summed E-state index contributed by atoms with van der Waals surface area (Å²) in [5, 5.41) is 19.4. The van der Waals surface area contributed by atoms with E-state index in [4.69, 9.17) is 10.2 Å². The number of benzene rings is 7. The van der Waals surface area contributed by atoms with E-state index in [1.807, 2.05) is 48.5 Å². The Labute approximate surface area is 277 Å². The summed E-state index contributed by atoms with van der Waals surface area (Å²) >= 11 is 0. The van der Waals surface area contributed by atoms with Gasteiger partial charge in [0.1, 0.15) is 0 Å². The van der Waals surface area contributed by atoms with Crippen LogP contribution < -0.4 is 4.90 Å². The number of rotatable bonds is 6. The zero-order valence-electron chi connectivity index (χ0n) is 30.5. The topological polar surface area (TPSA) is 81.1 Å². The first-order valence-corrected chi connectivity index (χ1v) is 14.8. The second-order valence-electron chi connectivity index (χ2n) is 10.9. The van der Waals surface area contributed by atoms with E-state index in [1.54, 1.807) is 53.4 Å². The fraction of sp³-hybridized carbons (Fsp3) is 0. The van der Waals surface area contributed by atoms with Crippen molar-refractivity contribution in [1.29, 1.82) is 0 Å². The van der Waals surface area contributed by atoms with Gasteiger partial charge in [0.2, 0.25) is 24.6 Å². The van der Waals surface area contributed by atoms with E-state index in [1.165, 1.54) is 12.8 Å². The van der Waals surface area contributed by atoms with Crippen LogP contribution in [0.25, 0.3) is 66.4 Å². The minimum atomic E-state index is -0.326. The molecule has 7 nitrogen and oxygen atoms in total. The van der Waals surface area contributed by atoms with Crippen molar-refractivity contribution in [2.24, 2.45) is 0 Å². The van der Waals surface area contributed by atoms with Gasteiger partial charge in [0, 0.05) is 28.2 Å². The van der Waals surface area contributed by atoms with Gasteiger partial charge in [-0.15, -0.1) is 20.4 Å². The molecule has 0 radical (unpaired) electrons. The van der Waals surface area contributed by atoms with Crippen LogP contribution in [0.1, 0.15) is 8.22 Å². The zero-order chi connectivity index (χ0) is 36.4. The molecule has 9 rings (SSSR count). The highest BCUT2D eigenvalue weighted by molar-refractivity contribution is 6.00. The summed E-state index contributed by atoms with van der Waals surface area (Å²) in [5.74, 6) is 0.628. The molecule has 0 aliphatic heterocycles. The lowest BCUT2D eigenvalue weighted by Crippen LogP contribution is -2.09. The Hall–Kier alpha value is -6.60. The van der Waals surface area contributed by atoms with Gasteiger partial charge in [0.05, 0.1) is 8.22 Å². The lowest BCUT2D eigenvalue weighted by molar-refractivity contribution is 0.568. The van der Waals surface area contributed by atoms with Gasteiger partial charge in [-0.05, 0) is 128 Å². The van der Waals surface area contributed by atoms with E-state index in [9.17, 15) is 6.85 Å². The molecule has 2 heterocycles. The Bertz CT molecular complexity index is 2770. The Kier molecular flexibility index (Phi) is 5.00. The number of aromatic nitrogens is 4. The maximum atomic E-state index is 9.51. The molecule has 0 unspecified atom stereocenters. The van der Waals surface area contributed by atoms with Crippen LogP contribution >= 0.6 is 0 Å². The summed E-state index contributed by atoms with van der Waals surface area (Å²) in [5.41, 5.74) is 3.08. The number of nitrogens with zero attached hydrogens (tertiary/aromatic N) is 5.